The number of halogens is 1. The van der Waals surface area contributed by atoms with Gasteiger partial charge in [-0.1, -0.05) is 27.7 Å². The van der Waals surface area contributed by atoms with E-state index >= 15 is 0 Å². The summed E-state index contributed by atoms with van der Waals surface area (Å²) >= 11 is 0. The van der Waals surface area contributed by atoms with Crippen molar-refractivity contribution in [2.75, 3.05) is 12.4 Å². The molecule has 0 bridgehead atoms. The summed E-state index contributed by atoms with van der Waals surface area (Å²) in [7, 11) is 1.02. The van der Waals surface area contributed by atoms with Crippen LogP contribution in [0.2, 0.25) is 0 Å². The lowest BCUT2D eigenvalue weighted by Crippen LogP contribution is -2.31. The number of nitrogens with one attached hydrogen (secondary N) is 3. The third-order valence-electron chi connectivity index (χ3n) is 4.34. The summed E-state index contributed by atoms with van der Waals surface area (Å²) in [4.78, 5) is 24.3. The van der Waals surface area contributed by atoms with E-state index in [9.17, 15) is 18.2 Å². The average Bonchev–Trinajstić information content (AvgIpc) is 3.03. The quantitative estimate of drug-likeness (QED) is 0.664. The van der Waals surface area contributed by atoms with Crippen LogP contribution in [0, 0.1) is 5.82 Å². The van der Waals surface area contributed by atoms with E-state index in [1.807, 2.05) is 27.7 Å². The Bertz CT molecular complexity index is 926. The number of rotatable bonds is 6. The number of aryl methyl sites for hydroxylation is 1. The van der Waals surface area contributed by atoms with Gasteiger partial charge in [-0.2, -0.15) is 5.10 Å². The summed E-state index contributed by atoms with van der Waals surface area (Å²) in [6.45, 7) is 7.59. The summed E-state index contributed by atoms with van der Waals surface area (Å²) in [5.74, 6) is -0.825. The van der Waals surface area contributed by atoms with E-state index in [4.69, 9.17) is 0 Å². The Balaban J connectivity index is 2.25. The standard InChI is InChI=1S/C19H26FN5O3S/c1-10(2)13-7-12(20)8-14(11(3)4)17(13)22-19(27)24-29(28)16-9-15(18(26)21-5)25(6)23-16/h7-11H,1-6H3,(H,21,26)(H2,22,24,27). The van der Waals surface area contributed by atoms with Crippen LogP contribution in [0.5, 0.6) is 0 Å². The second-order valence-electron chi connectivity index (χ2n) is 7.16. The van der Waals surface area contributed by atoms with Gasteiger partial charge in [-0.15, -0.1) is 0 Å². The average molecular weight is 424 g/mol. The Hall–Kier alpha value is -2.75. The van der Waals surface area contributed by atoms with Gasteiger partial charge in [0, 0.05) is 25.8 Å². The lowest BCUT2D eigenvalue weighted by Gasteiger charge is -2.20. The minimum Gasteiger partial charge on any atom is -0.354 e. The molecule has 158 valence electrons. The molecule has 0 aliphatic rings. The number of benzene rings is 1. The molecule has 3 N–H and O–H groups in total. The molecule has 10 heteroatoms. The topological polar surface area (TPSA) is 105 Å². The smallest absolute Gasteiger partial charge is 0.331 e. The highest BCUT2D eigenvalue weighted by molar-refractivity contribution is 7.83. The molecular formula is C19H26FN5O3S. The highest BCUT2D eigenvalue weighted by atomic mass is 32.2. The Morgan fingerprint density at radius 2 is 1.66 bits per heavy atom. The van der Waals surface area contributed by atoms with E-state index in [0.29, 0.717) is 16.8 Å². The van der Waals surface area contributed by atoms with Crippen molar-refractivity contribution in [1.29, 1.82) is 0 Å². The van der Waals surface area contributed by atoms with Crippen LogP contribution in [-0.2, 0) is 18.0 Å². The van der Waals surface area contributed by atoms with E-state index in [2.05, 4.69) is 20.5 Å². The van der Waals surface area contributed by atoms with Gasteiger partial charge in [0.15, 0.2) is 16.0 Å². The van der Waals surface area contributed by atoms with Crippen molar-refractivity contribution >= 4 is 28.6 Å². The fourth-order valence-electron chi connectivity index (χ4n) is 2.85. The first kappa shape index (κ1) is 22.5. The molecule has 3 amide bonds. The third-order valence-corrected chi connectivity index (χ3v) is 5.29. The van der Waals surface area contributed by atoms with Crippen LogP contribution in [-0.4, -0.2) is 33.0 Å². The van der Waals surface area contributed by atoms with Crippen molar-refractivity contribution in [2.45, 2.75) is 44.6 Å². The monoisotopic (exact) mass is 423 g/mol. The van der Waals surface area contributed by atoms with E-state index in [-0.39, 0.29) is 34.3 Å². The van der Waals surface area contributed by atoms with E-state index in [1.54, 1.807) is 0 Å². The minimum absolute atomic E-state index is 0.0325. The predicted molar refractivity (Wildman–Crippen MR) is 110 cm³/mol. The molecule has 0 spiro atoms. The molecule has 1 atom stereocenters. The molecule has 0 aliphatic heterocycles. The van der Waals surface area contributed by atoms with Crippen molar-refractivity contribution in [3.05, 3.63) is 40.8 Å². The minimum atomic E-state index is -1.98. The Kier molecular flexibility index (Phi) is 7.12. The summed E-state index contributed by atoms with van der Waals surface area (Å²) in [5.41, 5.74) is 2.00. The molecule has 1 aromatic heterocycles. The predicted octanol–water partition coefficient (Wildman–Crippen LogP) is 3.01. The first-order chi connectivity index (χ1) is 13.5. The van der Waals surface area contributed by atoms with Crippen molar-refractivity contribution in [3.63, 3.8) is 0 Å². The molecule has 1 unspecified atom stereocenters. The van der Waals surface area contributed by atoms with Gasteiger partial charge in [0.1, 0.15) is 11.5 Å². The van der Waals surface area contributed by atoms with Gasteiger partial charge in [0.25, 0.3) is 5.91 Å². The van der Waals surface area contributed by atoms with Crippen molar-refractivity contribution in [2.24, 2.45) is 7.05 Å². The number of amides is 3. The molecular weight excluding hydrogens is 397 g/mol. The summed E-state index contributed by atoms with van der Waals surface area (Å²) < 4.78 is 30.1. The number of aromatic nitrogens is 2. The highest BCUT2D eigenvalue weighted by Crippen LogP contribution is 2.33. The molecule has 29 heavy (non-hydrogen) atoms. The normalized spacial score (nSPS) is 12.2. The van der Waals surface area contributed by atoms with Gasteiger partial charge in [-0.3, -0.25) is 14.2 Å². The molecule has 1 aromatic carbocycles. The number of urea groups is 1. The molecule has 0 aliphatic carbocycles. The van der Waals surface area contributed by atoms with Crippen molar-refractivity contribution in [1.82, 2.24) is 19.8 Å². The van der Waals surface area contributed by atoms with E-state index < -0.39 is 17.0 Å². The van der Waals surface area contributed by atoms with Crippen LogP contribution in [0.3, 0.4) is 0 Å². The molecule has 8 nitrogen and oxygen atoms in total. The molecule has 1 heterocycles. The molecule has 0 radical (unpaired) electrons. The van der Waals surface area contributed by atoms with Gasteiger partial charge in [0.05, 0.1) is 0 Å². The SMILES string of the molecule is CNC(=O)c1cc(S(=O)NC(=O)Nc2c(C(C)C)cc(F)cc2C(C)C)nn1C. The number of carbonyl (C=O) groups excluding carboxylic acids is 2. The van der Waals surface area contributed by atoms with Crippen LogP contribution in [0.25, 0.3) is 0 Å². The molecule has 2 aromatic rings. The van der Waals surface area contributed by atoms with Crippen LogP contribution in [0.1, 0.15) is 61.1 Å². The zero-order chi connectivity index (χ0) is 21.9. The molecule has 2 rings (SSSR count). The lowest BCUT2D eigenvalue weighted by molar-refractivity contribution is 0.0953. The number of anilines is 1. The zero-order valence-corrected chi connectivity index (χ0v) is 18.1. The van der Waals surface area contributed by atoms with Crippen LogP contribution in [0.15, 0.2) is 23.2 Å². The van der Waals surface area contributed by atoms with Gasteiger partial charge < -0.3 is 10.6 Å². The summed E-state index contributed by atoms with van der Waals surface area (Å²) in [6.07, 6.45) is 0. The second-order valence-corrected chi connectivity index (χ2v) is 8.32. The maximum atomic E-state index is 14.0. The summed E-state index contributed by atoms with van der Waals surface area (Å²) in [5, 5.41) is 9.20. The number of hydrogen-bond acceptors (Lipinski definition) is 4. The van der Waals surface area contributed by atoms with E-state index in [0.717, 1.165) is 0 Å². The zero-order valence-electron chi connectivity index (χ0n) is 17.3. The van der Waals surface area contributed by atoms with Gasteiger partial charge in [-0.25, -0.2) is 13.4 Å². The maximum absolute atomic E-state index is 14.0. The van der Waals surface area contributed by atoms with Gasteiger partial charge >= 0.3 is 6.03 Å². The van der Waals surface area contributed by atoms with Crippen LogP contribution in [0.4, 0.5) is 14.9 Å². The maximum Gasteiger partial charge on any atom is 0.331 e. The fourth-order valence-corrected chi connectivity index (χ4v) is 3.59. The number of carbonyl (C=O) groups is 2. The first-order valence-corrected chi connectivity index (χ1v) is 10.3. The molecule has 0 fully saturated rings. The van der Waals surface area contributed by atoms with Gasteiger partial charge in [-0.05, 0) is 35.1 Å². The second kappa shape index (κ2) is 9.17. The number of hydrogen-bond donors (Lipinski definition) is 3. The Labute approximate surface area is 171 Å². The molecule has 0 saturated carbocycles. The Morgan fingerprint density at radius 1 is 1.10 bits per heavy atom. The van der Waals surface area contributed by atoms with Gasteiger partial charge in [0.2, 0.25) is 0 Å². The summed E-state index contributed by atoms with van der Waals surface area (Å²) in [6, 6.07) is 3.40. The van der Waals surface area contributed by atoms with Crippen LogP contribution >= 0.6 is 0 Å². The third kappa shape index (κ3) is 5.20. The largest absolute Gasteiger partial charge is 0.354 e. The molecule has 0 saturated heterocycles. The van der Waals surface area contributed by atoms with Crippen molar-refractivity contribution < 1.29 is 18.2 Å². The van der Waals surface area contributed by atoms with Crippen LogP contribution < -0.4 is 15.4 Å². The highest BCUT2D eigenvalue weighted by Gasteiger charge is 2.21. The lowest BCUT2D eigenvalue weighted by atomic mass is 9.92. The first-order valence-electron chi connectivity index (χ1n) is 9.14. The number of nitrogens with zero attached hydrogens (tertiary/aromatic N) is 2. The van der Waals surface area contributed by atoms with E-state index in [1.165, 1.54) is 37.0 Å². The van der Waals surface area contributed by atoms with Crippen molar-refractivity contribution in [3.8, 4) is 0 Å². The fraction of sp³-hybridized carbons (Fsp3) is 0.421. The Morgan fingerprint density at radius 3 is 2.14 bits per heavy atom.